The second-order valence-electron chi connectivity index (χ2n) is 7.62. The molecule has 5 rings (SSSR count). The summed E-state index contributed by atoms with van der Waals surface area (Å²) in [5.74, 6) is -0.158. The number of benzene rings is 1. The number of hydrogen-bond acceptors (Lipinski definition) is 5. The van der Waals surface area contributed by atoms with Gasteiger partial charge in [-0.05, 0) is 49.6 Å². The number of amides is 3. The summed E-state index contributed by atoms with van der Waals surface area (Å²) in [7, 11) is 0. The number of aryl methyl sites for hydroxylation is 1. The Labute approximate surface area is 178 Å². The summed E-state index contributed by atoms with van der Waals surface area (Å²) in [6.07, 6.45) is 4.58. The highest BCUT2D eigenvalue weighted by Crippen LogP contribution is 2.45. The first-order valence-electron chi connectivity index (χ1n) is 10.3. The molecule has 2 aromatic heterocycles. The minimum Gasteiger partial charge on any atom is -0.347 e. The Hall–Kier alpha value is -2.97. The van der Waals surface area contributed by atoms with Crippen LogP contribution >= 0.6 is 11.3 Å². The van der Waals surface area contributed by atoms with Crippen molar-refractivity contribution in [3.8, 4) is 0 Å². The maximum absolute atomic E-state index is 13.1. The molecule has 2 aliphatic rings. The fourth-order valence-electron chi connectivity index (χ4n) is 4.14. The van der Waals surface area contributed by atoms with Crippen LogP contribution in [0.15, 0.2) is 36.5 Å². The zero-order chi connectivity index (χ0) is 20.7. The van der Waals surface area contributed by atoms with Crippen molar-refractivity contribution < 1.29 is 9.59 Å². The summed E-state index contributed by atoms with van der Waals surface area (Å²) in [4.78, 5) is 33.5. The molecular formula is C22H23N5O2S. The van der Waals surface area contributed by atoms with E-state index < -0.39 is 0 Å². The molecule has 1 aromatic carbocycles. The quantitative estimate of drug-likeness (QED) is 0.594. The van der Waals surface area contributed by atoms with E-state index in [1.807, 2.05) is 30.3 Å². The SMILES string of the molecule is CCc1cccc(N2C(=O)Nc3c(C(=O)N[C@@H]4CCCNC4)sc4nccc2c34)c1. The van der Waals surface area contributed by atoms with Gasteiger partial charge in [-0.3, -0.25) is 9.69 Å². The van der Waals surface area contributed by atoms with Crippen LogP contribution in [-0.4, -0.2) is 36.1 Å². The summed E-state index contributed by atoms with van der Waals surface area (Å²) in [5, 5.41) is 10.2. The van der Waals surface area contributed by atoms with Crippen molar-refractivity contribution in [2.45, 2.75) is 32.2 Å². The highest BCUT2D eigenvalue weighted by molar-refractivity contribution is 7.21. The molecule has 0 spiro atoms. The van der Waals surface area contributed by atoms with Crippen LogP contribution < -0.4 is 20.9 Å². The molecule has 3 aromatic rings. The largest absolute Gasteiger partial charge is 0.347 e. The third-order valence-corrected chi connectivity index (χ3v) is 6.76. The molecule has 4 heterocycles. The first-order valence-corrected chi connectivity index (χ1v) is 11.1. The van der Waals surface area contributed by atoms with Crippen LogP contribution in [0.3, 0.4) is 0 Å². The number of nitrogens with zero attached hydrogens (tertiary/aromatic N) is 2. The molecule has 0 unspecified atom stereocenters. The Morgan fingerprint density at radius 2 is 2.27 bits per heavy atom. The fourth-order valence-corrected chi connectivity index (χ4v) is 5.16. The zero-order valence-corrected chi connectivity index (χ0v) is 17.5. The molecular weight excluding hydrogens is 398 g/mol. The van der Waals surface area contributed by atoms with E-state index in [-0.39, 0.29) is 18.0 Å². The molecule has 0 saturated carbocycles. The van der Waals surface area contributed by atoms with Gasteiger partial charge in [0.2, 0.25) is 0 Å². The van der Waals surface area contributed by atoms with Crippen LogP contribution in [0.4, 0.5) is 21.9 Å². The second kappa shape index (κ2) is 7.70. The molecule has 1 fully saturated rings. The Morgan fingerprint density at radius 3 is 3.07 bits per heavy atom. The highest BCUT2D eigenvalue weighted by atomic mass is 32.1. The van der Waals surface area contributed by atoms with Crippen LogP contribution in [0.2, 0.25) is 0 Å². The minimum atomic E-state index is -0.268. The molecule has 0 radical (unpaired) electrons. The van der Waals surface area contributed by atoms with E-state index in [0.717, 1.165) is 59.5 Å². The Balaban J connectivity index is 1.56. The van der Waals surface area contributed by atoms with E-state index >= 15 is 0 Å². The van der Waals surface area contributed by atoms with Gasteiger partial charge in [0.1, 0.15) is 9.71 Å². The van der Waals surface area contributed by atoms with Gasteiger partial charge in [-0.2, -0.15) is 0 Å². The number of urea groups is 1. The van der Waals surface area contributed by atoms with Gasteiger partial charge in [0.05, 0.1) is 22.4 Å². The molecule has 8 heteroatoms. The van der Waals surface area contributed by atoms with E-state index in [0.29, 0.717) is 10.6 Å². The number of hydrogen-bond donors (Lipinski definition) is 3. The normalized spacial score (nSPS) is 18.4. The Morgan fingerprint density at radius 1 is 1.37 bits per heavy atom. The van der Waals surface area contributed by atoms with Gasteiger partial charge >= 0.3 is 6.03 Å². The number of aromatic nitrogens is 1. The van der Waals surface area contributed by atoms with E-state index in [1.165, 1.54) is 11.3 Å². The summed E-state index contributed by atoms with van der Waals surface area (Å²) >= 11 is 1.32. The van der Waals surface area contributed by atoms with Crippen LogP contribution in [0.5, 0.6) is 0 Å². The van der Waals surface area contributed by atoms with E-state index in [2.05, 4.69) is 27.9 Å². The molecule has 3 N–H and O–H groups in total. The molecule has 2 aliphatic heterocycles. The molecule has 7 nitrogen and oxygen atoms in total. The topological polar surface area (TPSA) is 86.4 Å². The van der Waals surface area contributed by atoms with E-state index in [4.69, 9.17) is 0 Å². The number of anilines is 3. The van der Waals surface area contributed by atoms with Crippen molar-refractivity contribution in [3.05, 3.63) is 47.0 Å². The average molecular weight is 422 g/mol. The van der Waals surface area contributed by atoms with E-state index in [9.17, 15) is 9.59 Å². The second-order valence-corrected chi connectivity index (χ2v) is 8.62. The molecule has 154 valence electrons. The summed E-state index contributed by atoms with van der Waals surface area (Å²) in [5.41, 5.74) is 3.27. The first kappa shape index (κ1) is 19.0. The third-order valence-electron chi connectivity index (χ3n) is 5.66. The Bertz CT molecular complexity index is 1140. The van der Waals surface area contributed by atoms with Gasteiger partial charge in [-0.1, -0.05) is 19.1 Å². The van der Waals surface area contributed by atoms with Gasteiger partial charge in [-0.25, -0.2) is 9.78 Å². The lowest BCUT2D eigenvalue weighted by atomic mass is 10.1. The number of carbonyl (C=O) groups excluding carboxylic acids is 2. The summed E-state index contributed by atoms with van der Waals surface area (Å²) in [6, 6.07) is 9.62. The average Bonchev–Trinajstić information content (AvgIpc) is 3.14. The number of carbonyl (C=O) groups is 2. The van der Waals surface area contributed by atoms with Crippen molar-refractivity contribution in [2.75, 3.05) is 23.3 Å². The monoisotopic (exact) mass is 421 g/mol. The number of piperidine rings is 1. The molecule has 30 heavy (non-hydrogen) atoms. The number of rotatable bonds is 4. The predicted molar refractivity (Wildman–Crippen MR) is 120 cm³/mol. The van der Waals surface area contributed by atoms with Gasteiger partial charge in [0.25, 0.3) is 5.91 Å². The Kier molecular flexibility index (Phi) is 4.88. The maximum Gasteiger partial charge on any atom is 0.331 e. The predicted octanol–water partition coefficient (Wildman–Crippen LogP) is 4.02. The lowest BCUT2D eigenvalue weighted by molar-refractivity contribution is 0.0935. The minimum absolute atomic E-state index is 0.101. The number of thiophene rings is 1. The maximum atomic E-state index is 13.1. The van der Waals surface area contributed by atoms with Gasteiger partial charge in [-0.15, -0.1) is 11.3 Å². The number of pyridine rings is 1. The highest BCUT2D eigenvalue weighted by Gasteiger charge is 2.33. The van der Waals surface area contributed by atoms with Crippen LogP contribution in [0.1, 0.15) is 35.0 Å². The lowest BCUT2D eigenvalue weighted by Gasteiger charge is -2.29. The summed E-state index contributed by atoms with van der Waals surface area (Å²) < 4.78 is 0. The molecule has 1 atom stereocenters. The first-order chi connectivity index (χ1) is 14.7. The summed E-state index contributed by atoms with van der Waals surface area (Å²) in [6.45, 7) is 3.84. The molecule has 1 saturated heterocycles. The molecule has 3 amide bonds. The van der Waals surface area contributed by atoms with Gasteiger partial charge < -0.3 is 16.0 Å². The standard InChI is InChI=1S/C22H23N5O2S/c1-2-13-5-3-7-15(11-13)27-16-8-10-24-21-17(16)18(26-22(27)29)19(30-21)20(28)25-14-6-4-9-23-12-14/h3,5,7-8,10-11,14,23H,2,4,6,9,12H2,1H3,(H,25,28)(H,26,29)/t14-/m1/s1. The zero-order valence-electron chi connectivity index (χ0n) is 16.7. The van der Waals surface area contributed by atoms with Crippen molar-refractivity contribution in [2.24, 2.45) is 0 Å². The van der Waals surface area contributed by atoms with Crippen molar-refractivity contribution in [1.29, 1.82) is 0 Å². The van der Waals surface area contributed by atoms with Crippen molar-refractivity contribution in [3.63, 3.8) is 0 Å². The molecule has 0 aliphatic carbocycles. The molecule has 0 bridgehead atoms. The van der Waals surface area contributed by atoms with Crippen molar-refractivity contribution in [1.82, 2.24) is 15.6 Å². The number of nitrogens with one attached hydrogen (secondary N) is 3. The van der Waals surface area contributed by atoms with Crippen LogP contribution in [0, 0.1) is 0 Å². The van der Waals surface area contributed by atoms with Gasteiger partial charge in [0, 0.05) is 18.8 Å². The fraction of sp³-hybridized carbons (Fsp3) is 0.318. The smallest absolute Gasteiger partial charge is 0.331 e. The van der Waals surface area contributed by atoms with Crippen LogP contribution in [-0.2, 0) is 6.42 Å². The van der Waals surface area contributed by atoms with Crippen LogP contribution in [0.25, 0.3) is 10.2 Å². The van der Waals surface area contributed by atoms with E-state index in [1.54, 1.807) is 11.1 Å². The van der Waals surface area contributed by atoms with Gasteiger partial charge in [0.15, 0.2) is 0 Å². The lowest BCUT2D eigenvalue weighted by Crippen LogP contribution is -2.45. The third kappa shape index (κ3) is 3.22. The van der Waals surface area contributed by atoms with Crippen molar-refractivity contribution >= 4 is 50.6 Å².